The van der Waals surface area contributed by atoms with Gasteiger partial charge in [-0.1, -0.05) is 36.4 Å². The molecule has 2 amide bonds. The molecule has 0 aliphatic rings. The SMILES string of the molecule is Cc1ccc(CNC(=O)CCC(=O)N(c2ccccc2)c2ccccc2)o1. The second-order valence-electron chi connectivity index (χ2n) is 6.19. The summed E-state index contributed by atoms with van der Waals surface area (Å²) in [4.78, 5) is 26.6. The van der Waals surface area contributed by atoms with Crippen LogP contribution in [0.25, 0.3) is 0 Å². The molecule has 5 nitrogen and oxygen atoms in total. The van der Waals surface area contributed by atoms with Crippen LogP contribution < -0.4 is 10.2 Å². The number of amides is 2. The van der Waals surface area contributed by atoms with Crippen LogP contribution in [0.15, 0.2) is 77.2 Å². The van der Waals surface area contributed by atoms with Crippen LogP contribution in [0.5, 0.6) is 0 Å². The van der Waals surface area contributed by atoms with E-state index in [1.54, 1.807) is 4.90 Å². The van der Waals surface area contributed by atoms with Gasteiger partial charge < -0.3 is 9.73 Å². The fraction of sp³-hybridized carbons (Fsp3) is 0.182. The van der Waals surface area contributed by atoms with Crippen LogP contribution in [-0.2, 0) is 16.1 Å². The topological polar surface area (TPSA) is 62.6 Å². The van der Waals surface area contributed by atoms with Crippen molar-refractivity contribution in [2.45, 2.75) is 26.3 Å². The number of rotatable bonds is 7. The highest BCUT2D eigenvalue weighted by Gasteiger charge is 2.18. The number of hydrogen-bond acceptors (Lipinski definition) is 3. The van der Waals surface area contributed by atoms with Crippen molar-refractivity contribution in [3.05, 3.63) is 84.3 Å². The van der Waals surface area contributed by atoms with Crippen molar-refractivity contribution in [3.63, 3.8) is 0 Å². The van der Waals surface area contributed by atoms with E-state index in [2.05, 4.69) is 5.32 Å². The molecular weight excluding hydrogens is 340 g/mol. The fourth-order valence-electron chi connectivity index (χ4n) is 2.78. The highest BCUT2D eigenvalue weighted by Crippen LogP contribution is 2.26. The molecule has 5 heteroatoms. The lowest BCUT2D eigenvalue weighted by atomic mass is 10.2. The zero-order valence-electron chi connectivity index (χ0n) is 15.2. The molecule has 0 saturated heterocycles. The Kier molecular flexibility index (Phi) is 6.05. The molecule has 0 unspecified atom stereocenters. The second kappa shape index (κ2) is 8.85. The maximum Gasteiger partial charge on any atom is 0.232 e. The van der Waals surface area contributed by atoms with E-state index in [4.69, 9.17) is 4.42 Å². The molecule has 1 aromatic heterocycles. The minimum Gasteiger partial charge on any atom is -0.465 e. The highest BCUT2D eigenvalue weighted by molar-refractivity contribution is 6.01. The number of para-hydroxylation sites is 2. The maximum atomic E-state index is 12.9. The molecule has 1 heterocycles. The van der Waals surface area contributed by atoms with E-state index in [9.17, 15) is 9.59 Å². The monoisotopic (exact) mass is 362 g/mol. The average molecular weight is 362 g/mol. The van der Waals surface area contributed by atoms with Crippen LogP contribution in [0.3, 0.4) is 0 Å². The number of carbonyl (C=O) groups excluding carboxylic acids is 2. The Morgan fingerprint density at radius 1 is 0.852 bits per heavy atom. The summed E-state index contributed by atoms with van der Waals surface area (Å²) >= 11 is 0. The van der Waals surface area contributed by atoms with Crippen LogP contribution in [0.2, 0.25) is 0 Å². The molecule has 1 N–H and O–H groups in total. The van der Waals surface area contributed by atoms with E-state index in [1.807, 2.05) is 79.7 Å². The molecule has 27 heavy (non-hydrogen) atoms. The summed E-state index contributed by atoms with van der Waals surface area (Å²) in [5.74, 6) is 1.19. The minimum atomic E-state index is -0.182. The van der Waals surface area contributed by atoms with Crippen molar-refractivity contribution in [2.75, 3.05) is 4.90 Å². The third kappa shape index (κ3) is 5.07. The van der Waals surface area contributed by atoms with Crippen LogP contribution in [0.4, 0.5) is 11.4 Å². The first-order chi connectivity index (χ1) is 13.1. The van der Waals surface area contributed by atoms with E-state index in [0.29, 0.717) is 12.3 Å². The third-order valence-electron chi connectivity index (χ3n) is 4.10. The Bertz CT molecular complexity index is 849. The van der Waals surface area contributed by atoms with E-state index in [1.165, 1.54) is 0 Å². The molecule has 138 valence electrons. The van der Waals surface area contributed by atoms with Crippen LogP contribution >= 0.6 is 0 Å². The van der Waals surface area contributed by atoms with E-state index in [-0.39, 0.29) is 24.7 Å². The number of aryl methyl sites for hydroxylation is 1. The van der Waals surface area contributed by atoms with Crippen molar-refractivity contribution in [3.8, 4) is 0 Å². The van der Waals surface area contributed by atoms with Gasteiger partial charge in [-0.15, -0.1) is 0 Å². The van der Waals surface area contributed by atoms with E-state index >= 15 is 0 Å². The summed E-state index contributed by atoms with van der Waals surface area (Å²) in [6.45, 7) is 2.17. The molecule has 0 saturated carbocycles. The zero-order valence-corrected chi connectivity index (χ0v) is 15.2. The smallest absolute Gasteiger partial charge is 0.232 e. The van der Waals surface area contributed by atoms with E-state index < -0.39 is 0 Å². The summed E-state index contributed by atoms with van der Waals surface area (Å²) < 4.78 is 5.42. The first kappa shape index (κ1) is 18.5. The Labute approximate surface area is 158 Å². The van der Waals surface area contributed by atoms with Crippen LogP contribution in [0.1, 0.15) is 24.4 Å². The van der Waals surface area contributed by atoms with Crippen molar-refractivity contribution < 1.29 is 14.0 Å². The number of benzene rings is 2. The van der Waals surface area contributed by atoms with Gasteiger partial charge in [0.05, 0.1) is 6.54 Å². The first-order valence-electron chi connectivity index (χ1n) is 8.88. The van der Waals surface area contributed by atoms with Crippen molar-refractivity contribution >= 4 is 23.2 Å². The van der Waals surface area contributed by atoms with Gasteiger partial charge in [-0.2, -0.15) is 0 Å². The Hall–Kier alpha value is -3.34. The maximum absolute atomic E-state index is 12.9. The van der Waals surface area contributed by atoms with Gasteiger partial charge in [0, 0.05) is 24.2 Å². The summed E-state index contributed by atoms with van der Waals surface area (Å²) in [6, 6.07) is 22.5. The third-order valence-corrected chi connectivity index (χ3v) is 4.10. The Morgan fingerprint density at radius 2 is 1.44 bits per heavy atom. The van der Waals surface area contributed by atoms with Gasteiger partial charge in [0.2, 0.25) is 11.8 Å². The number of furan rings is 1. The van der Waals surface area contributed by atoms with Gasteiger partial charge in [-0.25, -0.2) is 0 Å². The molecule has 0 aliphatic heterocycles. The van der Waals surface area contributed by atoms with Gasteiger partial charge in [0.25, 0.3) is 0 Å². The summed E-state index contributed by atoms with van der Waals surface area (Å²) in [7, 11) is 0. The number of hydrogen-bond donors (Lipinski definition) is 1. The predicted molar refractivity (Wildman–Crippen MR) is 105 cm³/mol. The molecule has 0 bridgehead atoms. The first-order valence-corrected chi connectivity index (χ1v) is 8.88. The predicted octanol–water partition coefficient (Wildman–Crippen LogP) is 4.35. The van der Waals surface area contributed by atoms with Crippen molar-refractivity contribution in [1.29, 1.82) is 0 Å². The van der Waals surface area contributed by atoms with E-state index in [0.717, 1.165) is 17.1 Å². The largest absolute Gasteiger partial charge is 0.465 e. The Balaban J connectivity index is 1.62. The normalized spacial score (nSPS) is 10.4. The van der Waals surface area contributed by atoms with Gasteiger partial charge in [0.15, 0.2) is 0 Å². The molecule has 3 rings (SSSR count). The van der Waals surface area contributed by atoms with Crippen molar-refractivity contribution in [2.24, 2.45) is 0 Å². The minimum absolute atomic E-state index is 0.118. The number of nitrogens with one attached hydrogen (secondary N) is 1. The fourth-order valence-corrected chi connectivity index (χ4v) is 2.78. The summed E-state index contributed by atoms with van der Waals surface area (Å²) in [5.41, 5.74) is 1.56. The van der Waals surface area contributed by atoms with Gasteiger partial charge in [-0.3, -0.25) is 14.5 Å². The van der Waals surface area contributed by atoms with Crippen molar-refractivity contribution in [1.82, 2.24) is 5.32 Å². The molecule has 0 radical (unpaired) electrons. The van der Waals surface area contributed by atoms with Gasteiger partial charge >= 0.3 is 0 Å². The average Bonchev–Trinajstić information content (AvgIpc) is 3.12. The van der Waals surface area contributed by atoms with Gasteiger partial charge in [-0.05, 0) is 43.3 Å². The number of nitrogens with zero attached hydrogens (tertiary/aromatic N) is 1. The molecule has 0 atom stereocenters. The lowest BCUT2D eigenvalue weighted by Gasteiger charge is -2.23. The molecular formula is C22H22N2O3. The molecule has 3 aromatic rings. The Morgan fingerprint density at radius 3 is 1.96 bits per heavy atom. The summed E-state index contributed by atoms with van der Waals surface area (Å²) in [6.07, 6.45) is 0.238. The zero-order chi connectivity index (χ0) is 19.1. The number of anilines is 2. The van der Waals surface area contributed by atoms with Gasteiger partial charge in [0.1, 0.15) is 11.5 Å². The molecule has 0 aliphatic carbocycles. The molecule has 0 fully saturated rings. The summed E-state index contributed by atoms with van der Waals surface area (Å²) in [5, 5.41) is 2.78. The quantitative estimate of drug-likeness (QED) is 0.680. The highest BCUT2D eigenvalue weighted by atomic mass is 16.3. The lowest BCUT2D eigenvalue weighted by molar-refractivity contribution is -0.125. The number of carbonyl (C=O) groups is 2. The molecule has 2 aromatic carbocycles. The van der Waals surface area contributed by atoms with Crippen LogP contribution in [-0.4, -0.2) is 11.8 Å². The molecule has 0 spiro atoms. The second-order valence-corrected chi connectivity index (χ2v) is 6.19. The lowest BCUT2D eigenvalue weighted by Crippen LogP contribution is -2.29. The standard InChI is InChI=1S/C22H22N2O3/c1-17-12-13-20(27-17)16-23-21(25)14-15-22(26)24(18-8-4-2-5-9-18)19-10-6-3-7-11-19/h2-13H,14-16H2,1H3,(H,23,25). The van der Waals surface area contributed by atoms with Crippen LogP contribution in [0, 0.1) is 6.92 Å².